The molecule has 0 bridgehead atoms. The van der Waals surface area contributed by atoms with Gasteiger partial charge >= 0.3 is 6.18 Å². The molecule has 2 aromatic heterocycles. The standard InChI is InChI=1S/C15H16F3N3O3/c1-7-12-9(14(23)21(2)6-11(22)15(16,17)18)5-10(8-3-4-8)19-13(12)24-20-7/h5,8,11,22H,3-4,6H2,1-2H3. The van der Waals surface area contributed by atoms with Crippen molar-refractivity contribution in [3.05, 3.63) is 23.0 Å². The number of hydrogen-bond acceptors (Lipinski definition) is 5. The second-order valence-corrected chi connectivity index (χ2v) is 6.06. The molecule has 1 unspecified atom stereocenters. The van der Waals surface area contributed by atoms with Gasteiger partial charge in [0, 0.05) is 18.7 Å². The number of amides is 1. The summed E-state index contributed by atoms with van der Waals surface area (Å²) in [7, 11) is 1.21. The molecule has 1 aliphatic carbocycles. The Hall–Kier alpha value is -2.16. The van der Waals surface area contributed by atoms with E-state index in [1.807, 2.05) is 0 Å². The van der Waals surface area contributed by atoms with Gasteiger partial charge in [-0.3, -0.25) is 4.79 Å². The van der Waals surface area contributed by atoms with Crippen LogP contribution in [0.15, 0.2) is 10.6 Å². The van der Waals surface area contributed by atoms with Crippen LogP contribution in [0.1, 0.15) is 40.5 Å². The lowest BCUT2D eigenvalue weighted by Crippen LogP contribution is -2.41. The summed E-state index contributed by atoms with van der Waals surface area (Å²) in [6.07, 6.45) is -5.49. The van der Waals surface area contributed by atoms with E-state index in [1.165, 1.54) is 7.05 Å². The lowest BCUT2D eigenvalue weighted by molar-refractivity contribution is -0.205. The fourth-order valence-electron chi connectivity index (χ4n) is 2.52. The summed E-state index contributed by atoms with van der Waals surface area (Å²) in [5.41, 5.74) is 1.50. The minimum Gasteiger partial charge on any atom is -0.382 e. The zero-order chi connectivity index (χ0) is 17.6. The molecule has 0 spiro atoms. The number of aliphatic hydroxyl groups is 1. The summed E-state index contributed by atoms with van der Waals surface area (Å²) < 4.78 is 42.6. The molecule has 0 aromatic carbocycles. The van der Waals surface area contributed by atoms with E-state index in [0.29, 0.717) is 16.8 Å². The molecular formula is C15H16F3N3O3. The number of pyridine rings is 1. The van der Waals surface area contributed by atoms with Gasteiger partial charge in [-0.25, -0.2) is 4.98 Å². The Morgan fingerprint density at radius 3 is 2.75 bits per heavy atom. The molecule has 0 aliphatic heterocycles. The fraction of sp³-hybridized carbons (Fsp3) is 0.533. The fourth-order valence-corrected chi connectivity index (χ4v) is 2.52. The van der Waals surface area contributed by atoms with Gasteiger partial charge in [-0.1, -0.05) is 5.16 Å². The molecule has 0 saturated heterocycles. The number of aliphatic hydroxyl groups excluding tert-OH is 1. The molecule has 1 fully saturated rings. The first-order chi connectivity index (χ1) is 11.2. The van der Waals surface area contributed by atoms with Crippen LogP contribution in [-0.4, -0.2) is 51.9 Å². The summed E-state index contributed by atoms with van der Waals surface area (Å²) >= 11 is 0. The Kier molecular flexibility index (Phi) is 3.98. The highest BCUT2D eigenvalue weighted by molar-refractivity contribution is 6.06. The van der Waals surface area contributed by atoms with Gasteiger partial charge in [-0.15, -0.1) is 0 Å². The maximum absolute atomic E-state index is 12.6. The second kappa shape index (κ2) is 5.73. The zero-order valence-electron chi connectivity index (χ0n) is 13.1. The third-order valence-corrected chi connectivity index (χ3v) is 4.03. The number of aryl methyl sites for hydroxylation is 1. The van der Waals surface area contributed by atoms with E-state index >= 15 is 0 Å². The van der Waals surface area contributed by atoms with Gasteiger partial charge < -0.3 is 14.5 Å². The van der Waals surface area contributed by atoms with E-state index in [2.05, 4.69) is 10.1 Å². The highest BCUT2D eigenvalue weighted by Crippen LogP contribution is 2.40. The molecule has 6 nitrogen and oxygen atoms in total. The zero-order valence-corrected chi connectivity index (χ0v) is 13.1. The number of carbonyl (C=O) groups excluding carboxylic acids is 1. The molecule has 1 N–H and O–H groups in total. The first-order valence-electron chi connectivity index (χ1n) is 7.45. The number of rotatable bonds is 4. The average molecular weight is 343 g/mol. The van der Waals surface area contributed by atoms with Crippen molar-refractivity contribution in [3.8, 4) is 0 Å². The van der Waals surface area contributed by atoms with Crippen LogP contribution in [0.4, 0.5) is 13.2 Å². The van der Waals surface area contributed by atoms with Crippen molar-refractivity contribution in [2.45, 2.75) is 38.0 Å². The molecule has 1 amide bonds. The summed E-state index contributed by atoms with van der Waals surface area (Å²) in [4.78, 5) is 17.8. The number of likely N-dealkylation sites (N-methyl/N-ethyl adjacent to an activating group) is 1. The van der Waals surface area contributed by atoms with Crippen molar-refractivity contribution in [2.24, 2.45) is 0 Å². The summed E-state index contributed by atoms with van der Waals surface area (Å²) in [5.74, 6) is -0.406. The molecule has 2 aromatic rings. The van der Waals surface area contributed by atoms with Crippen LogP contribution in [0.5, 0.6) is 0 Å². The number of nitrogens with zero attached hydrogens (tertiary/aromatic N) is 3. The number of alkyl halides is 3. The summed E-state index contributed by atoms with van der Waals surface area (Å²) in [5, 5.41) is 13.3. The number of carbonyl (C=O) groups is 1. The smallest absolute Gasteiger partial charge is 0.382 e. The lowest BCUT2D eigenvalue weighted by Gasteiger charge is -2.22. The van der Waals surface area contributed by atoms with Crippen molar-refractivity contribution in [2.75, 3.05) is 13.6 Å². The van der Waals surface area contributed by atoms with Gasteiger partial charge in [0.15, 0.2) is 6.10 Å². The van der Waals surface area contributed by atoms with Crippen LogP contribution in [0.3, 0.4) is 0 Å². The van der Waals surface area contributed by atoms with Crippen molar-refractivity contribution in [1.82, 2.24) is 15.0 Å². The highest BCUT2D eigenvalue weighted by atomic mass is 19.4. The van der Waals surface area contributed by atoms with E-state index in [1.54, 1.807) is 13.0 Å². The predicted molar refractivity (Wildman–Crippen MR) is 77.5 cm³/mol. The third kappa shape index (κ3) is 3.08. The van der Waals surface area contributed by atoms with Crippen molar-refractivity contribution < 1.29 is 27.6 Å². The second-order valence-electron chi connectivity index (χ2n) is 6.06. The SMILES string of the molecule is Cc1noc2nc(C3CC3)cc(C(=O)N(C)CC(O)C(F)(F)F)c12. The summed E-state index contributed by atoms with van der Waals surface area (Å²) in [6.45, 7) is 0.779. The van der Waals surface area contributed by atoms with Crippen LogP contribution in [0, 0.1) is 6.92 Å². The van der Waals surface area contributed by atoms with Gasteiger partial charge in [-0.05, 0) is 25.8 Å². The maximum atomic E-state index is 12.6. The largest absolute Gasteiger partial charge is 0.416 e. The van der Waals surface area contributed by atoms with Gasteiger partial charge in [0.05, 0.1) is 23.2 Å². The molecule has 1 aliphatic rings. The van der Waals surface area contributed by atoms with Gasteiger partial charge in [0.25, 0.3) is 11.6 Å². The molecule has 1 saturated carbocycles. The van der Waals surface area contributed by atoms with E-state index < -0.39 is 24.7 Å². The van der Waals surface area contributed by atoms with Crippen LogP contribution in [0.2, 0.25) is 0 Å². The quantitative estimate of drug-likeness (QED) is 0.922. The topological polar surface area (TPSA) is 79.5 Å². The molecule has 9 heteroatoms. The number of fused-ring (bicyclic) bond motifs is 1. The van der Waals surface area contributed by atoms with Gasteiger partial charge in [0.2, 0.25) is 0 Å². The Morgan fingerprint density at radius 1 is 1.50 bits per heavy atom. The number of aromatic nitrogens is 2. The minimum atomic E-state index is -4.78. The first-order valence-corrected chi connectivity index (χ1v) is 7.45. The Morgan fingerprint density at radius 2 is 2.17 bits per heavy atom. The van der Waals surface area contributed by atoms with Gasteiger partial charge in [0.1, 0.15) is 0 Å². The predicted octanol–water partition coefficient (Wildman–Crippen LogP) is 2.40. The normalized spacial score (nSPS) is 16.4. The Balaban J connectivity index is 1.95. The molecule has 24 heavy (non-hydrogen) atoms. The Bertz CT molecular complexity index is 783. The maximum Gasteiger partial charge on any atom is 0.416 e. The van der Waals surface area contributed by atoms with Crippen LogP contribution < -0.4 is 0 Å². The third-order valence-electron chi connectivity index (χ3n) is 4.03. The monoisotopic (exact) mass is 343 g/mol. The van der Waals surface area contributed by atoms with Crippen molar-refractivity contribution in [1.29, 1.82) is 0 Å². The number of halogens is 3. The lowest BCUT2D eigenvalue weighted by atomic mass is 10.1. The van der Waals surface area contributed by atoms with E-state index in [4.69, 9.17) is 4.52 Å². The van der Waals surface area contributed by atoms with Crippen molar-refractivity contribution >= 4 is 17.0 Å². The molecule has 2 heterocycles. The van der Waals surface area contributed by atoms with E-state index in [9.17, 15) is 23.1 Å². The molecule has 3 rings (SSSR count). The molecule has 1 atom stereocenters. The van der Waals surface area contributed by atoms with Crippen LogP contribution in [0.25, 0.3) is 11.1 Å². The van der Waals surface area contributed by atoms with Gasteiger partial charge in [-0.2, -0.15) is 13.2 Å². The van der Waals surface area contributed by atoms with E-state index in [-0.39, 0.29) is 17.2 Å². The Labute approximate surface area is 135 Å². The summed E-state index contributed by atoms with van der Waals surface area (Å²) in [6, 6.07) is 1.59. The van der Waals surface area contributed by atoms with E-state index in [0.717, 1.165) is 17.7 Å². The number of hydrogen-bond donors (Lipinski definition) is 1. The minimum absolute atomic E-state index is 0.192. The first kappa shape index (κ1) is 16.7. The van der Waals surface area contributed by atoms with Crippen LogP contribution >= 0.6 is 0 Å². The van der Waals surface area contributed by atoms with Crippen molar-refractivity contribution in [3.63, 3.8) is 0 Å². The highest BCUT2D eigenvalue weighted by Gasteiger charge is 2.39. The average Bonchev–Trinajstić information content (AvgIpc) is 3.29. The molecule has 0 radical (unpaired) electrons. The molecular weight excluding hydrogens is 327 g/mol. The van der Waals surface area contributed by atoms with Crippen LogP contribution in [-0.2, 0) is 0 Å². The molecule has 130 valence electrons.